The van der Waals surface area contributed by atoms with Gasteiger partial charge in [0, 0.05) is 16.4 Å². The number of nitrogens with one attached hydrogen (secondary N) is 1. The Bertz CT molecular complexity index is 389. The van der Waals surface area contributed by atoms with Gasteiger partial charge < -0.3 is 15.2 Å². The number of ether oxygens (including phenoxy) is 1. The highest BCUT2D eigenvalue weighted by molar-refractivity contribution is 9.10. The summed E-state index contributed by atoms with van der Waals surface area (Å²) in [6.45, 7) is 2.10. The number of aliphatic hydroxyl groups excluding tert-OH is 1. The van der Waals surface area contributed by atoms with Gasteiger partial charge in [-0.3, -0.25) is 0 Å². The first-order valence-corrected chi connectivity index (χ1v) is 6.62. The van der Waals surface area contributed by atoms with E-state index >= 15 is 0 Å². The lowest BCUT2D eigenvalue weighted by atomic mass is 9.81. The van der Waals surface area contributed by atoms with E-state index in [2.05, 4.69) is 21.2 Å². The topological polar surface area (TPSA) is 41.5 Å². The molecule has 0 radical (unpaired) electrons. The van der Waals surface area contributed by atoms with E-state index in [9.17, 15) is 5.11 Å². The molecule has 94 valence electrons. The van der Waals surface area contributed by atoms with Crippen molar-refractivity contribution >= 4 is 15.9 Å². The van der Waals surface area contributed by atoms with Crippen molar-refractivity contribution in [2.45, 2.75) is 12.8 Å². The molecular weight excluding hydrogens is 282 g/mol. The third-order valence-electron chi connectivity index (χ3n) is 3.49. The summed E-state index contributed by atoms with van der Waals surface area (Å²) in [6.07, 6.45) is 1.89. The number of methoxy groups -OCH3 is 1. The zero-order chi connectivity index (χ0) is 12.3. The molecule has 17 heavy (non-hydrogen) atoms. The Labute approximate surface area is 110 Å². The number of aliphatic hydroxyl groups is 1. The van der Waals surface area contributed by atoms with Crippen LogP contribution in [0.25, 0.3) is 0 Å². The van der Waals surface area contributed by atoms with Gasteiger partial charge in [-0.1, -0.05) is 15.9 Å². The van der Waals surface area contributed by atoms with E-state index in [0.717, 1.165) is 36.2 Å². The second-order valence-corrected chi connectivity index (χ2v) is 5.57. The predicted octanol–water partition coefficient (Wildman–Crippen LogP) is 1.97. The van der Waals surface area contributed by atoms with Crippen LogP contribution in [0, 0.1) is 5.41 Å². The van der Waals surface area contributed by atoms with Crippen molar-refractivity contribution in [3.8, 4) is 5.75 Å². The molecule has 2 N–H and O–H groups in total. The van der Waals surface area contributed by atoms with Crippen LogP contribution < -0.4 is 10.1 Å². The Morgan fingerprint density at radius 2 is 2.35 bits per heavy atom. The molecule has 1 unspecified atom stereocenters. The summed E-state index contributed by atoms with van der Waals surface area (Å²) in [7, 11) is 1.67. The monoisotopic (exact) mass is 299 g/mol. The number of rotatable bonds is 4. The van der Waals surface area contributed by atoms with E-state index in [-0.39, 0.29) is 12.0 Å². The van der Waals surface area contributed by atoms with Crippen LogP contribution in [0.1, 0.15) is 12.0 Å². The molecule has 1 aliphatic heterocycles. The lowest BCUT2D eigenvalue weighted by Crippen LogP contribution is -2.30. The lowest BCUT2D eigenvalue weighted by Gasteiger charge is -2.26. The number of hydrogen-bond acceptors (Lipinski definition) is 3. The normalized spacial score (nSPS) is 23.9. The molecule has 1 aromatic rings. The Balaban J connectivity index is 2.22. The summed E-state index contributed by atoms with van der Waals surface area (Å²) in [5.74, 6) is 0.863. The molecule has 1 fully saturated rings. The van der Waals surface area contributed by atoms with Gasteiger partial charge in [-0.05, 0) is 43.1 Å². The Morgan fingerprint density at radius 3 is 2.94 bits per heavy atom. The number of hydrogen-bond donors (Lipinski definition) is 2. The molecule has 0 saturated carbocycles. The first-order valence-electron chi connectivity index (χ1n) is 5.83. The number of benzene rings is 1. The van der Waals surface area contributed by atoms with Crippen molar-refractivity contribution in [1.29, 1.82) is 0 Å². The summed E-state index contributed by atoms with van der Waals surface area (Å²) in [4.78, 5) is 0. The minimum atomic E-state index is -0.0190. The summed E-state index contributed by atoms with van der Waals surface area (Å²) in [5, 5.41) is 12.9. The highest BCUT2D eigenvalue weighted by atomic mass is 79.9. The minimum Gasteiger partial charge on any atom is -0.497 e. The molecule has 2 rings (SSSR count). The molecule has 0 bridgehead atoms. The smallest absolute Gasteiger partial charge is 0.119 e. The maximum atomic E-state index is 9.61. The zero-order valence-electron chi connectivity index (χ0n) is 10.0. The van der Waals surface area contributed by atoms with Crippen LogP contribution >= 0.6 is 15.9 Å². The third kappa shape index (κ3) is 2.81. The maximum Gasteiger partial charge on any atom is 0.119 e. The van der Waals surface area contributed by atoms with E-state index in [1.165, 1.54) is 5.56 Å². The highest BCUT2D eigenvalue weighted by Gasteiger charge is 2.33. The van der Waals surface area contributed by atoms with Crippen LogP contribution in [0.15, 0.2) is 22.7 Å². The molecule has 0 aliphatic carbocycles. The van der Waals surface area contributed by atoms with Gasteiger partial charge in [-0.15, -0.1) is 0 Å². The SMILES string of the molecule is COc1ccc(Br)c(CC2(CO)CCNC2)c1. The van der Waals surface area contributed by atoms with Crippen molar-refractivity contribution in [2.75, 3.05) is 26.8 Å². The van der Waals surface area contributed by atoms with Crippen molar-refractivity contribution in [3.05, 3.63) is 28.2 Å². The van der Waals surface area contributed by atoms with E-state index in [0.29, 0.717) is 0 Å². The summed E-state index contributed by atoms with van der Waals surface area (Å²) in [6, 6.07) is 5.98. The minimum absolute atomic E-state index is 0.0190. The van der Waals surface area contributed by atoms with Crippen molar-refractivity contribution in [3.63, 3.8) is 0 Å². The Kier molecular flexibility index (Phi) is 4.07. The van der Waals surface area contributed by atoms with Crippen molar-refractivity contribution in [1.82, 2.24) is 5.32 Å². The predicted molar refractivity (Wildman–Crippen MR) is 71.4 cm³/mol. The molecule has 1 aromatic carbocycles. The van der Waals surface area contributed by atoms with Crippen LogP contribution in [-0.4, -0.2) is 31.9 Å². The van der Waals surface area contributed by atoms with E-state index in [1.54, 1.807) is 7.11 Å². The quantitative estimate of drug-likeness (QED) is 0.893. The highest BCUT2D eigenvalue weighted by Crippen LogP contribution is 2.33. The molecule has 0 spiro atoms. The molecule has 3 nitrogen and oxygen atoms in total. The van der Waals surface area contributed by atoms with E-state index < -0.39 is 0 Å². The summed E-state index contributed by atoms with van der Waals surface area (Å²) >= 11 is 3.56. The van der Waals surface area contributed by atoms with Crippen LogP contribution in [0.5, 0.6) is 5.75 Å². The van der Waals surface area contributed by atoms with Gasteiger partial charge in [0.2, 0.25) is 0 Å². The molecular formula is C13H18BrNO2. The fraction of sp³-hybridized carbons (Fsp3) is 0.538. The standard InChI is InChI=1S/C13H18BrNO2/c1-17-11-2-3-12(14)10(6-11)7-13(9-16)4-5-15-8-13/h2-3,6,15-16H,4-5,7-9H2,1H3. The van der Waals surface area contributed by atoms with Crippen molar-refractivity contribution in [2.24, 2.45) is 5.41 Å². The first kappa shape index (κ1) is 12.9. The fourth-order valence-electron chi connectivity index (χ4n) is 2.35. The maximum absolute atomic E-state index is 9.61. The molecule has 1 aliphatic rings. The van der Waals surface area contributed by atoms with Gasteiger partial charge in [0.25, 0.3) is 0 Å². The summed E-state index contributed by atoms with van der Waals surface area (Å²) in [5.41, 5.74) is 1.18. The molecule has 1 saturated heterocycles. The van der Waals surface area contributed by atoms with Gasteiger partial charge in [0.1, 0.15) is 5.75 Å². The zero-order valence-corrected chi connectivity index (χ0v) is 11.6. The third-order valence-corrected chi connectivity index (χ3v) is 4.26. The van der Waals surface area contributed by atoms with Crippen molar-refractivity contribution < 1.29 is 9.84 Å². The summed E-state index contributed by atoms with van der Waals surface area (Å²) < 4.78 is 6.32. The first-order chi connectivity index (χ1) is 8.19. The molecule has 0 aromatic heterocycles. The average molecular weight is 300 g/mol. The second kappa shape index (κ2) is 5.38. The van der Waals surface area contributed by atoms with Gasteiger partial charge in [0.15, 0.2) is 0 Å². The fourth-order valence-corrected chi connectivity index (χ4v) is 2.74. The molecule has 4 heteroatoms. The lowest BCUT2D eigenvalue weighted by molar-refractivity contribution is 0.142. The number of halogens is 1. The van der Waals surface area contributed by atoms with Crippen LogP contribution in [0.2, 0.25) is 0 Å². The van der Waals surface area contributed by atoms with Gasteiger partial charge in [-0.25, -0.2) is 0 Å². The van der Waals surface area contributed by atoms with Crippen LogP contribution in [0.3, 0.4) is 0 Å². The van der Waals surface area contributed by atoms with Crippen LogP contribution in [-0.2, 0) is 6.42 Å². The van der Waals surface area contributed by atoms with Crippen LogP contribution in [0.4, 0.5) is 0 Å². The van der Waals surface area contributed by atoms with E-state index in [4.69, 9.17) is 4.74 Å². The molecule has 0 amide bonds. The Morgan fingerprint density at radius 1 is 1.53 bits per heavy atom. The Hall–Kier alpha value is -0.580. The van der Waals surface area contributed by atoms with E-state index in [1.807, 2.05) is 18.2 Å². The van der Waals surface area contributed by atoms with Gasteiger partial charge >= 0.3 is 0 Å². The van der Waals surface area contributed by atoms with Gasteiger partial charge in [0.05, 0.1) is 13.7 Å². The second-order valence-electron chi connectivity index (χ2n) is 4.72. The molecule has 1 heterocycles. The average Bonchev–Trinajstić information content (AvgIpc) is 2.81. The van der Waals surface area contributed by atoms with Gasteiger partial charge in [-0.2, -0.15) is 0 Å². The largest absolute Gasteiger partial charge is 0.497 e. The molecule has 1 atom stereocenters.